The van der Waals surface area contributed by atoms with E-state index >= 15 is 0 Å². The lowest BCUT2D eigenvalue weighted by molar-refractivity contribution is -0.119. The Bertz CT molecular complexity index is 956. The minimum atomic E-state index is -0.402. The van der Waals surface area contributed by atoms with Crippen LogP contribution in [0.4, 0.5) is 4.39 Å². The Morgan fingerprint density at radius 2 is 2.09 bits per heavy atom. The zero-order valence-corrected chi connectivity index (χ0v) is 20.3. The van der Waals surface area contributed by atoms with Gasteiger partial charge in [0.1, 0.15) is 6.61 Å². The molecule has 2 bridgehead atoms. The molecule has 1 heterocycles. The summed E-state index contributed by atoms with van der Waals surface area (Å²) in [5.41, 5.74) is 0. The fourth-order valence-electron chi connectivity index (χ4n) is 5.43. The third kappa shape index (κ3) is 5.69. The lowest BCUT2D eigenvalue weighted by atomic mass is 9.84. The highest BCUT2D eigenvalue weighted by Crippen LogP contribution is 2.52. The van der Waals surface area contributed by atoms with E-state index in [0.29, 0.717) is 23.5 Å². The van der Waals surface area contributed by atoms with E-state index in [2.05, 4.69) is 27.0 Å². The van der Waals surface area contributed by atoms with Crippen molar-refractivity contribution in [1.29, 1.82) is 0 Å². The van der Waals surface area contributed by atoms with Gasteiger partial charge in [-0.25, -0.2) is 4.39 Å². The second-order valence-electron chi connectivity index (χ2n) is 9.28. The molecule has 1 amide bonds. The number of halogens is 1. The number of aromatic nitrogens is 3. The molecule has 0 radical (unpaired) electrons. The van der Waals surface area contributed by atoms with Gasteiger partial charge in [-0.2, -0.15) is 0 Å². The van der Waals surface area contributed by atoms with Crippen molar-refractivity contribution in [3.8, 4) is 5.75 Å². The molecule has 1 aromatic heterocycles. The van der Waals surface area contributed by atoms with E-state index in [4.69, 9.17) is 9.47 Å². The third-order valence-electron chi connectivity index (χ3n) is 6.90. The minimum absolute atomic E-state index is 0.0568. The summed E-state index contributed by atoms with van der Waals surface area (Å²) < 4.78 is 27.0. The Hall–Kier alpha value is -2.13. The topological polar surface area (TPSA) is 78.3 Å². The number of nitrogens with one attached hydrogen (secondary N) is 1. The van der Waals surface area contributed by atoms with Crippen LogP contribution in [0.3, 0.4) is 0 Å². The molecule has 2 aromatic rings. The third-order valence-corrected chi connectivity index (χ3v) is 7.85. The molecule has 33 heavy (non-hydrogen) atoms. The van der Waals surface area contributed by atoms with Crippen LogP contribution in [-0.2, 0) is 16.1 Å². The maximum Gasteiger partial charge on any atom is 0.230 e. The number of hydrogen-bond acceptors (Lipinski definition) is 6. The van der Waals surface area contributed by atoms with Gasteiger partial charge in [0.05, 0.1) is 12.4 Å². The molecule has 2 aliphatic rings. The van der Waals surface area contributed by atoms with Crippen LogP contribution in [0.5, 0.6) is 5.75 Å². The number of carbonyl (C=O) groups excluding carboxylic acids is 1. The number of benzene rings is 1. The van der Waals surface area contributed by atoms with Gasteiger partial charge in [0.15, 0.2) is 22.5 Å². The standard InChI is InChI=1S/C24H33FN4O3S/c1-15(12-31-3)26-23(30)14-33-24-28-27-22(13-32-21-7-5-4-6-20(21)25)29(24)16(2)19-11-17-8-9-18(19)10-17/h4-7,15-19H,8-14H2,1-3H3,(H,26,30). The van der Waals surface area contributed by atoms with Gasteiger partial charge in [-0.05, 0) is 63.0 Å². The van der Waals surface area contributed by atoms with Crippen molar-refractivity contribution in [2.24, 2.45) is 17.8 Å². The highest BCUT2D eigenvalue weighted by atomic mass is 32.2. The predicted molar refractivity (Wildman–Crippen MR) is 125 cm³/mol. The molecule has 180 valence electrons. The number of amides is 1. The van der Waals surface area contributed by atoms with E-state index in [1.54, 1.807) is 25.3 Å². The van der Waals surface area contributed by atoms with Crippen LogP contribution in [0, 0.1) is 23.6 Å². The highest BCUT2D eigenvalue weighted by molar-refractivity contribution is 7.99. The number of rotatable bonds is 11. The average molecular weight is 477 g/mol. The van der Waals surface area contributed by atoms with Crippen molar-refractivity contribution in [2.75, 3.05) is 19.5 Å². The molecule has 1 aromatic carbocycles. The molecule has 2 fully saturated rings. The molecule has 9 heteroatoms. The van der Waals surface area contributed by atoms with E-state index in [1.165, 1.54) is 43.5 Å². The number of para-hydroxylation sites is 1. The van der Waals surface area contributed by atoms with Crippen molar-refractivity contribution in [1.82, 2.24) is 20.1 Å². The number of thioether (sulfide) groups is 1. The lowest BCUT2D eigenvalue weighted by Gasteiger charge is -2.30. The molecule has 7 nitrogen and oxygen atoms in total. The van der Waals surface area contributed by atoms with Crippen molar-refractivity contribution in [3.63, 3.8) is 0 Å². The number of nitrogens with zero attached hydrogens (tertiary/aromatic N) is 3. The van der Waals surface area contributed by atoms with Crippen LogP contribution < -0.4 is 10.1 Å². The maximum absolute atomic E-state index is 14.0. The summed E-state index contributed by atoms with van der Waals surface area (Å²) in [6.45, 7) is 4.71. The molecule has 0 saturated heterocycles. The van der Waals surface area contributed by atoms with Crippen LogP contribution in [-0.4, -0.2) is 46.2 Å². The van der Waals surface area contributed by atoms with Crippen LogP contribution in [0.25, 0.3) is 0 Å². The number of ether oxygens (including phenoxy) is 2. The Morgan fingerprint density at radius 3 is 2.79 bits per heavy atom. The number of hydrogen-bond donors (Lipinski definition) is 1. The fraction of sp³-hybridized carbons (Fsp3) is 0.625. The van der Waals surface area contributed by atoms with Crippen LogP contribution in [0.2, 0.25) is 0 Å². The summed E-state index contributed by atoms with van der Waals surface area (Å²) in [6, 6.07) is 6.49. The zero-order valence-electron chi connectivity index (χ0n) is 19.5. The van der Waals surface area contributed by atoms with Gasteiger partial charge in [-0.1, -0.05) is 30.3 Å². The SMILES string of the molecule is COCC(C)NC(=O)CSc1nnc(COc2ccccc2F)n1C(C)C1CC2CCC1C2. The van der Waals surface area contributed by atoms with Crippen molar-refractivity contribution in [2.45, 2.75) is 63.4 Å². The van der Waals surface area contributed by atoms with Gasteiger partial charge in [0, 0.05) is 19.2 Å². The maximum atomic E-state index is 14.0. The molecular weight excluding hydrogens is 443 g/mol. The summed E-state index contributed by atoms with van der Waals surface area (Å²) >= 11 is 1.37. The number of fused-ring (bicyclic) bond motifs is 2. The van der Waals surface area contributed by atoms with Crippen molar-refractivity contribution >= 4 is 17.7 Å². The number of carbonyl (C=O) groups is 1. The molecule has 1 N–H and O–H groups in total. The summed E-state index contributed by atoms with van der Waals surface area (Å²) in [5.74, 6) is 2.72. The lowest BCUT2D eigenvalue weighted by Crippen LogP contribution is -2.36. The summed E-state index contributed by atoms with van der Waals surface area (Å²) in [7, 11) is 1.61. The highest BCUT2D eigenvalue weighted by Gasteiger charge is 2.43. The van der Waals surface area contributed by atoms with Gasteiger partial charge in [0.25, 0.3) is 0 Å². The molecule has 5 atom stereocenters. The smallest absolute Gasteiger partial charge is 0.230 e. The Kier molecular flexibility index (Phi) is 7.90. The quantitative estimate of drug-likeness (QED) is 0.489. The Balaban J connectivity index is 1.49. The van der Waals surface area contributed by atoms with E-state index in [9.17, 15) is 9.18 Å². The van der Waals surface area contributed by atoms with E-state index < -0.39 is 5.82 Å². The predicted octanol–water partition coefficient (Wildman–Crippen LogP) is 4.24. The van der Waals surface area contributed by atoms with Gasteiger partial charge < -0.3 is 14.8 Å². The minimum Gasteiger partial charge on any atom is -0.483 e. The zero-order chi connectivity index (χ0) is 23.4. The van der Waals surface area contributed by atoms with E-state index in [0.717, 1.165) is 11.8 Å². The first-order chi connectivity index (χ1) is 16.0. The van der Waals surface area contributed by atoms with Gasteiger partial charge in [0.2, 0.25) is 5.91 Å². The van der Waals surface area contributed by atoms with Crippen LogP contribution in [0.15, 0.2) is 29.4 Å². The fourth-order valence-corrected chi connectivity index (χ4v) is 6.28. The van der Waals surface area contributed by atoms with Crippen molar-refractivity contribution < 1.29 is 18.7 Å². The van der Waals surface area contributed by atoms with Crippen LogP contribution in [0.1, 0.15) is 51.4 Å². The van der Waals surface area contributed by atoms with Crippen molar-refractivity contribution in [3.05, 3.63) is 35.9 Å². The molecule has 2 saturated carbocycles. The molecule has 4 rings (SSSR count). The first kappa shape index (κ1) is 24.0. The number of methoxy groups -OCH3 is 1. The second kappa shape index (κ2) is 10.9. The normalized spacial score (nSPS) is 23.5. The van der Waals surface area contributed by atoms with Gasteiger partial charge in [-0.15, -0.1) is 10.2 Å². The second-order valence-corrected chi connectivity index (χ2v) is 10.2. The molecular formula is C24H33FN4O3S. The molecule has 5 unspecified atom stereocenters. The first-order valence-corrected chi connectivity index (χ1v) is 12.7. The van der Waals surface area contributed by atoms with Gasteiger partial charge >= 0.3 is 0 Å². The van der Waals surface area contributed by atoms with E-state index in [-0.39, 0.29) is 36.1 Å². The molecule has 0 spiro atoms. The molecule has 2 aliphatic carbocycles. The monoisotopic (exact) mass is 476 g/mol. The summed E-state index contributed by atoms with van der Waals surface area (Å²) in [6.07, 6.45) is 5.14. The Morgan fingerprint density at radius 1 is 1.27 bits per heavy atom. The largest absolute Gasteiger partial charge is 0.483 e. The van der Waals surface area contributed by atoms with E-state index in [1.807, 2.05) is 6.92 Å². The average Bonchev–Trinajstić information content (AvgIpc) is 3.52. The summed E-state index contributed by atoms with van der Waals surface area (Å²) in [5, 5.41) is 12.4. The van der Waals surface area contributed by atoms with Gasteiger partial charge in [-0.3, -0.25) is 9.36 Å². The first-order valence-electron chi connectivity index (χ1n) is 11.7. The Labute approximate surface area is 198 Å². The van der Waals surface area contributed by atoms with Crippen LogP contribution >= 0.6 is 11.8 Å². The molecule has 0 aliphatic heterocycles. The summed E-state index contributed by atoms with van der Waals surface area (Å²) in [4.78, 5) is 12.4.